The van der Waals surface area contributed by atoms with Gasteiger partial charge in [0.05, 0.1) is 11.6 Å². The zero-order chi connectivity index (χ0) is 13.8. The van der Waals surface area contributed by atoms with Crippen molar-refractivity contribution in [2.45, 2.75) is 20.4 Å². The van der Waals surface area contributed by atoms with Gasteiger partial charge in [-0.3, -0.25) is 4.79 Å². The molecule has 0 aliphatic heterocycles. The van der Waals surface area contributed by atoms with Gasteiger partial charge in [0.1, 0.15) is 0 Å². The molecule has 2 rings (SSSR count). The van der Waals surface area contributed by atoms with Gasteiger partial charge in [-0.15, -0.1) is 0 Å². The molecule has 1 heterocycles. The topological polar surface area (TPSA) is 45.8 Å². The van der Waals surface area contributed by atoms with Crippen molar-refractivity contribution in [3.05, 3.63) is 59.4 Å². The summed E-state index contributed by atoms with van der Waals surface area (Å²) in [7, 11) is 0. The first-order valence-corrected chi connectivity index (χ1v) is 6.29. The van der Waals surface area contributed by atoms with E-state index in [1.54, 1.807) is 12.1 Å². The van der Waals surface area contributed by atoms with Gasteiger partial charge in [-0.1, -0.05) is 26.0 Å². The van der Waals surface area contributed by atoms with E-state index < -0.39 is 0 Å². The van der Waals surface area contributed by atoms with Crippen LogP contribution in [0.15, 0.2) is 42.7 Å². The lowest BCUT2D eigenvalue weighted by molar-refractivity contribution is 0.0939. The predicted octanol–water partition coefficient (Wildman–Crippen LogP) is 3.25. The van der Waals surface area contributed by atoms with E-state index in [0.29, 0.717) is 12.1 Å². The van der Waals surface area contributed by atoms with Gasteiger partial charge in [-0.2, -0.15) is 5.26 Å². The number of carbonyl (C=O) groups excluding carboxylic acids is 1. The Hall–Kier alpha value is -2.34. The van der Waals surface area contributed by atoms with Crippen LogP contribution < -0.4 is 0 Å². The van der Waals surface area contributed by atoms with Crippen molar-refractivity contribution in [1.29, 1.82) is 5.26 Å². The fourth-order valence-electron chi connectivity index (χ4n) is 1.91. The van der Waals surface area contributed by atoms with Gasteiger partial charge in [0.25, 0.3) is 0 Å². The molecule has 1 aromatic carbocycles. The Kier molecular flexibility index (Phi) is 3.82. The first-order valence-electron chi connectivity index (χ1n) is 6.29. The molecule has 0 saturated carbocycles. The predicted molar refractivity (Wildman–Crippen MR) is 73.9 cm³/mol. The number of carbonyl (C=O) groups is 1. The largest absolute Gasteiger partial charge is 0.349 e. The third-order valence-electron chi connectivity index (χ3n) is 3.01. The summed E-state index contributed by atoms with van der Waals surface area (Å²) in [6, 6.07) is 11.4. The first-order chi connectivity index (χ1) is 9.10. The fraction of sp³-hybridized carbons (Fsp3) is 0.250. The van der Waals surface area contributed by atoms with Crippen molar-refractivity contribution in [2.24, 2.45) is 5.92 Å². The lowest BCUT2D eigenvalue weighted by Crippen LogP contribution is -2.06. The molecular formula is C16H16N2O. The molecule has 0 N–H and O–H groups in total. The minimum Gasteiger partial charge on any atom is -0.349 e. The second-order valence-electron chi connectivity index (χ2n) is 4.90. The fourth-order valence-corrected chi connectivity index (χ4v) is 1.91. The number of benzene rings is 1. The summed E-state index contributed by atoms with van der Waals surface area (Å²) in [5.41, 5.74) is 2.52. The van der Waals surface area contributed by atoms with Gasteiger partial charge < -0.3 is 4.57 Å². The monoisotopic (exact) mass is 252 g/mol. The van der Waals surface area contributed by atoms with E-state index in [2.05, 4.69) is 6.07 Å². The molecule has 1 aromatic heterocycles. The van der Waals surface area contributed by atoms with Crippen LogP contribution in [0.5, 0.6) is 0 Å². The molecule has 3 nitrogen and oxygen atoms in total. The Bertz CT molecular complexity index is 615. The minimum atomic E-state index is 0.0192. The van der Waals surface area contributed by atoms with Gasteiger partial charge in [0, 0.05) is 30.4 Å². The van der Waals surface area contributed by atoms with Crippen molar-refractivity contribution in [2.75, 3.05) is 0 Å². The van der Waals surface area contributed by atoms with Gasteiger partial charge in [0.15, 0.2) is 5.78 Å². The van der Waals surface area contributed by atoms with Crippen LogP contribution in [0.25, 0.3) is 0 Å². The van der Waals surface area contributed by atoms with Gasteiger partial charge >= 0.3 is 0 Å². The number of Topliss-reactive ketones (excluding diaryl/α,β-unsaturated/α-hetero) is 1. The molecule has 19 heavy (non-hydrogen) atoms. The first kappa shape index (κ1) is 13.1. The average molecular weight is 252 g/mol. The lowest BCUT2D eigenvalue weighted by Gasteiger charge is -2.03. The minimum absolute atomic E-state index is 0.0192. The van der Waals surface area contributed by atoms with Crippen LogP contribution in [-0.4, -0.2) is 10.4 Å². The van der Waals surface area contributed by atoms with Crippen LogP contribution in [0.3, 0.4) is 0 Å². The number of nitriles is 1. The molecule has 0 radical (unpaired) electrons. The SMILES string of the molecule is CC(C)C(=O)c1ccn(Cc2ccc(C#N)cc2)c1. The maximum Gasteiger partial charge on any atom is 0.166 e. The highest BCUT2D eigenvalue weighted by Crippen LogP contribution is 2.11. The number of hydrogen-bond acceptors (Lipinski definition) is 2. The Balaban J connectivity index is 2.11. The molecule has 0 saturated heterocycles. The van der Waals surface area contributed by atoms with E-state index in [1.165, 1.54) is 0 Å². The molecule has 96 valence electrons. The number of nitrogens with zero attached hydrogens (tertiary/aromatic N) is 2. The molecule has 0 aliphatic carbocycles. The number of hydrogen-bond donors (Lipinski definition) is 0. The van der Waals surface area contributed by atoms with Crippen molar-refractivity contribution in [3.63, 3.8) is 0 Å². The van der Waals surface area contributed by atoms with Gasteiger partial charge in [-0.25, -0.2) is 0 Å². The lowest BCUT2D eigenvalue weighted by atomic mass is 10.0. The molecule has 0 bridgehead atoms. The van der Waals surface area contributed by atoms with Crippen molar-refractivity contribution in [3.8, 4) is 6.07 Å². The molecule has 0 spiro atoms. The van der Waals surface area contributed by atoms with E-state index >= 15 is 0 Å². The zero-order valence-electron chi connectivity index (χ0n) is 11.1. The van der Waals surface area contributed by atoms with E-state index in [-0.39, 0.29) is 11.7 Å². The molecular weight excluding hydrogens is 236 g/mol. The maximum atomic E-state index is 11.8. The van der Waals surface area contributed by atoms with E-state index in [4.69, 9.17) is 5.26 Å². The van der Waals surface area contributed by atoms with Crippen LogP contribution in [0.4, 0.5) is 0 Å². The summed E-state index contributed by atoms with van der Waals surface area (Å²) in [5, 5.41) is 8.74. The smallest absolute Gasteiger partial charge is 0.166 e. The summed E-state index contributed by atoms with van der Waals surface area (Å²) in [5.74, 6) is 0.185. The maximum absolute atomic E-state index is 11.8. The number of rotatable bonds is 4. The molecule has 3 heteroatoms. The van der Waals surface area contributed by atoms with Crippen LogP contribution in [-0.2, 0) is 6.54 Å². The summed E-state index contributed by atoms with van der Waals surface area (Å²) >= 11 is 0. The second-order valence-corrected chi connectivity index (χ2v) is 4.90. The van der Waals surface area contributed by atoms with E-state index in [9.17, 15) is 4.79 Å². The number of ketones is 1. The van der Waals surface area contributed by atoms with Crippen molar-refractivity contribution >= 4 is 5.78 Å². The molecule has 0 aliphatic rings. The quantitative estimate of drug-likeness (QED) is 0.784. The van der Waals surface area contributed by atoms with Crippen LogP contribution >= 0.6 is 0 Å². The molecule has 0 fully saturated rings. The number of aromatic nitrogens is 1. The van der Waals surface area contributed by atoms with Crippen molar-refractivity contribution < 1.29 is 4.79 Å². The molecule has 0 atom stereocenters. The summed E-state index contributed by atoms with van der Waals surface area (Å²) in [4.78, 5) is 11.8. The standard InChI is InChI=1S/C16H16N2O/c1-12(2)16(19)15-7-8-18(11-15)10-14-5-3-13(9-17)4-6-14/h3-8,11-12H,10H2,1-2H3. The van der Waals surface area contributed by atoms with Crippen molar-refractivity contribution in [1.82, 2.24) is 4.57 Å². The highest BCUT2D eigenvalue weighted by Gasteiger charge is 2.11. The van der Waals surface area contributed by atoms with Crippen LogP contribution in [0.1, 0.15) is 35.3 Å². The summed E-state index contributed by atoms with van der Waals surface area (Å²) in [6.07, 6.45) is 3.79. The average Bonchev–Trinajstić information content (AvgIpc) is 2.87. The third kappa shape index (κ3) is 3.11. The Morgan fingerprint density at radius 2 is 1.95 bits per heavy atom. The van der Waals surface area contributed by atoms with E-state index in [1.807, 2.05) is 49.0 Å². The van der Waals surface area contributed by atoms with Crippen LogP contribution in [0, 0.1) is 17.2 Å². The van der Waals surface area contributed by atoms with E-state index in [0.717, 1.165) is 11.1 Å². The molecule has 0 amide bonds. The zero-order valence-corrected chi connectivity index (χ0v) is 11.1. The molecule has 0 unspecified atom stereocenters. The highest BCUT2D eigenvalue weighted by atomic mass is 16.1. The van der Waals surface area contributed by atoms with Gasteiger partial charge in [-0.05, 0) is 23.8 Å². The van der Waals surface area contributed by atoms with Gasteiger partial charge in [0.2, 0.25) is 0 Å². The van der Waals surface area contributed by atoms with Crippen LogP contribution in [0.2, 0.25) is 0 Å². The third-order valence-corrected chi connectivity index (χ3v) is 3.01. The summed E-state index contributed by atoms with van der Waals surface area (Å²) < 4.78 is 1.98. The Morgan fingerprint density at radius 3 is 2.53 bits per heavy atom. The summed E-state index contributed by atoms with van der Waals surface area (Å²) in [6.45, 7) is 4.51. The normalized spacial score (nSPS) is 10.4. The molecule has 2 aromatic rings. The highest BCUT2D eigenvalue weighted by molar-refractivity contribution is 5.97. The Labute approximate surface area is 113 Å². The Morgan fingerprint density at radius 1 is 1.26 bits per heavy atom. The second kappa shape index (κ2) is 5.53.